The molecule has 0 amide bonds. The van der Waals surface area contributed by atoms with E-state index in [1.54, 1.807) is 18.5 Å². The van der Waals surface area contributed by atoms with Gasteiger partial charge in [0.25, 0.3) is 0 Å². The van der Waals surface area contributed by atoms with Gasteiger partial charge in [0.05, 0.1) is 22.3 Å². The third-order valence-electron chi connectivity index (χ3n) is 5.05. The van der Waals surface area contributed by atoms with E-state index in [9.17, 15) is 17.6 Å². The zero-order valence-electron chi connectivity index (χ0n) is 17.0. The largest absolute Gasteiger partial charge is 0.416 e. The second kappa shape index (κ2) is 7.96. The molecule has 10 heteroatoms. The average molecular weight is 469 g/mol. The summed E-state index contributed by atoms with van der Waals surface area (Å²) in [5, 5.41) is 5.88. The fourth-order valence-corrected chi connectivity index (χ4v) is 4.16. The predicted molar refractivity (Wildman–Crippen MR) is 120 cm³/mol. The number of imidazole rings is 1. The molecule has 3 aromatic heterocycles. The number of fused-ring (bicyclic) bond motifs is 1. The van der Waals surface area contributed by atoms with Crippen molar-refractivity contribution in [3.05, 3.63) is 77.2 Å². The Morgan fingerprint density at radius 2 is 1.76 bits per heavy atom. The summed E-state index contributed by atoms with van der Waals surface area (Å²) in [4.78, 5) is 16.0. The zero-order chi connectivity index (χ0) is 23.2. The number of nitrogens with one attached hydrogen (secondary N) is 2. The normalized spacial score (nSPS) is 11.8. The van der Waals surface area contributed by atoms with Gasteiger partial charge < -0.3 is 10.3 Å². The maximum Gasteiger partial charge on any atom is 0.416 e. The number of rotatable bonds is 4. The van der Waals surface area contributed by atoms with Gasteiger partial charge in [-0.05, 0) is 55.0 Å². The third kappa shape index (κ3) is 4.29. The highest BCUT2D eigenvalue weighted by atomic mass is 32.1. The molecule has 3 heterocycles. The van der Waals surface area contributed by atoms with Gasteiger partial charge >= 0.3 is 6.18 Å². The molecule has 2 aromatic carbocycles. The van der Waals surface area contributed by atoms with Gasteiger partial charge in [-0.15, -0.1) is 11.3 Å². The number of pyridine rings is 1. The molecule has 0 aliphatic carbocycles. The molecule has 166 valence electrons. The lowest BCUT2D eigenvalue weighted by Gasteiger charge is -2.08. The number of aryl methyl sites for hydroxylation is 1. The number of thiazole rings is 1. The monoisotopic (exact) mass is 469 g/mol. The topological polar surface area (TPSA) is 66.5 Å². The quantitative estimate of drug-likeness (QED) is 0.279. The summed E-state index contributed by atoms with van der Waals surface area (Å²) in [7, 11) is 0. The second-order valence-corrected chi connectivity index (χ2v) is 8.25. The first kappa shape index (κ1) is 21.1. The maximum absolute atomic E-state index is 13.8. The molecular weight excluding hydrogens is 454 g/mol. The van der Waals surface area contributed by atoms with Gasteiger partial charge in [0, 0.05) is 34.6 Å². The Morgan fingerprint density at radius 1 is 0.970 bits per heavy atom. The van der Waals surface area contributed by atoms with Crippen molar-refractivity contribution >= 4 is 33.2 Å². The van der Waals surface area contributed by atoms with Crippen molar-refractivity contribution in [2.45, 2.75) is 13.1 Å². The summed E-state index contributed by atoms with van der Waals surface area (Å²) in [6.07, 6.45) is -1.25. The van der Waals surface area contributed by atoms with Crippen LogP contribution in [0.4, 0.5) is 28.4 Å². The van der Waals surface area contributed by atoms with E-state index in [0.29, 0.717) is 22.2 Å². The van der Waals surface area contributed by atoms with E-state index < -0.39 is 17.6 Å². The first-order valence-corrected chi connectivity index (χ1v) is 10.7. The van der Waals surface area contributed by atoms with Crippen LogP contribution in [0.2, 0.25) is 0 Å². The molecule has 0 bridgehead atoms. The summed E-state index contributed by atoms with van der Waals surface area (Å²) in [6, 6.07) is 9.72. The highest BCUT2D eigenvalue weighted by molar-refractivity contribution is 7.14. The zero-order valence-corrected chi connectivity index (χ0v) is 17.9. The standard InChI is InChI=1S/C23H15F4N5S/c1-12-6-18-19(30-21(29-18)14-7-15(23(25,26)27)9-16(24)8-14)10-17(12)31-22-32-20(11-33-22)13-2-4-28-5-3-13/h2-11H,1H3,(H,29,30)(H,31,32). The number of hydrogen-bond donors (Lipinski definition) is 2. The number of hydrogen-bond acceptors (Lipinski definition) is 5. The SMILES string of the molecule is Cc1cc2[nH]c(-c3cc(F)cc(C(F)(F)F)c3)nc2cc1Nc1nc(-c2ccncc2)cs1. The number of benzene rings is 2. The fraction of sp³-hybridized carbons (Fsp3) is 0.0870. The van der Waals surface area contributed by atoms with Crippen molar-refractivity contribution in [1.82, 2.24) is 19.9 Å². The van der Waals surface area contributed by atoms with Crippen molar-refractivity contribution < 1.29 is 17.6 Å². The van der Waals surface area contributed by atoms with Crippen molar-refractivity contribution in [2.24, 2.45) is 0 Å². The average Bonchev–Trinajstić information content (AvgIpc) is 3.41. The minimum absolute atomic E-state index is 0.0209. The van der Waals surface area contributed by atoms with Crippen molar-refractivity contribution in [3.63, 3.8) is 0 Å². The summed E-state index contributed by atoms with van der Waals surface area (Å²) < 4.78 is 53.1. The summed E-state index contributed by atoms with van der Waals surface area (Å²) in [5.41, 5.74) is 3.52. The first-order chi connectivity index (χ1) is 15.8. The Bertz CT molecular complexity index is 1460. The highest BCUT2D eigenvalue weighted by Crippen LogP contribution is 2.34. The Labute approximate surface area is 189 Å². The molecule has 2 N–H and O–H groups in total. The van der Waals surface area contributed by atoms with E-state index in [-0.39, 0.29) is 11.4 Å². The summed E-state index contributed by atoms with van der Waals surface area (Å²) in [5.74, 6) is -0.826. The molecule has 33 heavy (non-hydrogen) atoms. The van der Waals surface area contributed by atoms with Crippen LogP contribution in [0.5, 0.6) is 0 Å². The molecule has 0 aliphatic rings. The fourth-order valence-electron chi connectivity index (χ4n) is 3.43. The minimum atomic E-state index is -4.65. The van der Waals surface area contributed by atoms with Crippen LogP contribution < -0.4 is 5.32 Å². The van der Waals surface area contributed by atoms with Crippen LogP contribution in [0.15, 0.2) is 60.2 Å². The smallest absolute Gasteiger partial charge is 0.338 e. The van der Waals surface area contributed by atoms with Crippen molar-refractivity contribution in [1.29, 1.82) is 0 Å². The van der Waals surface area contributed by atoms with Crippen LogP contribution in [0, 0.1) is 12.7 Å². The molecule has 0 atom stereocenters. The predicted octanol–water partition coefficient (Wildman–Crippen LogP) is 6.96. The molecule has 5 rings (SSSR count). The van der Waals surface area contributed by atoms with Gasteiger partial charge in [-0.25, -0.2) is 14.4 Å². The first-order valence-electron chi connectivity index (χ1n) is 9.78. The van der Waals surface area contributed by atoms with Crippen LogP contribution in [0.25, 0.3) is 33.7 Å². The highest BCUT2D eigenvalue weighted by Gasteiger charge is 2.31. The minimum Gasteiger partial charge on any atom is -0.338 e. The molecular formula is C23H15F4N5S. The number of anilines is 2. The lowest BCUT2D eigenvalue weighted by atomic mass is 10.1. The van der Waals surface area contributed by atoms with Gasteiger partial charge in [0.2, 0.25) is 0 Å². The molecule has 5 nitrogen and oxygen atoms in total. The molecule has 0 saturated carbocycles. The van der Waals surface area contributed by atoms with E-state index in [0.717, 1.165) is 34.6 Å². The lowest BCUT2D eigenvalue weighted by molar-refractivity contribution is -0.137. The van der Waals surface area contributed by atoms with E-state index in [1.807, 2.05) is 30.5 Å². The van der Waals surface area contributed by atoms with E-state index in [1.165, 1.54) is 11.3 Å². The molecule has 0 aliphatic heterocycles. The lowest BCUT2D eigenvalue weighted by Crippen LogP contribution is -2.05. The number of alkyl halides is 3. The van der Waals surface area contributed by atoms with Crippen LogP contribution >= 0.6 is 11.3 Å². The van der Waals surface area contributed by atoms with Gasteiger partial charge in [-0.3, -0.25) is 4.98 Å². The number of nitrogens with zero attached hydrogens (tertiary/aromatic N) is 3. The molecule has 5 aromatic rings. The second-order valence-electron chi connectivity index (χ2n) is 7.39. The third-order valence-corrected chi connectivity index (χ3v) is 5.81. The molecule has 0 fully saturated rings. The Balaban J connectivity index is 1.47. The molecule has 0 radical (unpaired) electrons. The maximum atomic E-state index is 13.8. The Hall–Kier alpha value is -3.79. The van der Waals surface area contributed by atoms with E-state index >= 15 is 0 Å². The van der Waals surface area contributed by atoms with E-state index in [2.05, 4.69) is 25.3 Å². The van der Waals surface area contributed by atoms with Gasteiger partial charge in [0.1, 0.15) is 11.6 Å². The van der Waals surface area contributed by atoms with Crippen LogP contribution in [0.1, 0.15) is 11.1 Å². The Kier molecular flexibility index (Phi) is 5.09. The number of aromatic nitrogens is 4. The van der Waals surface area contributed by atoms with Crippen LogP contribution in [0.3, 0.4) is 0 Å². The Morgan fingerprint density at radius 3 is 2.52 bits per heavy atom. The number of aromatic amines is 1. The van der Waals surface area contributed by atoms with Crippen LogP contribution in [-0.4, -0.2) is 19.9 Å². The molecule has 0 spiro atoms. The molecule has 0 saturated heterocycles. The number of H-pyrrole nitrogens is 1. The van der Waals surface area contributed by atoms with Gasteiger partial charge in [-0.1, -0.05) is 0 Å². The van der Waals surface area contributed by atoms with E-state index in [4.69, 9.17) is 0 Å². The molecule has 0 unspecified atom stereocenters. The van der Waals surface area contributed by atoms with Crippen molar-refractivity contribution in [3.8, 4) is 22.6 Å². The van der Waals surface area contributed by atoms with Gasteiger partial charge in [0.15, 0.2) is 5.13 Å². The number of halogens is 4. The van der Waals surface area contributed by atoms with Crippen molar-refractivity contribution in [2.75, 3.05) is 5.32 Å². The van der Waals surface area contributed by atoms with Gasteiger partial charge in [-0.2, -0.15) is 13.2 Å². The summed E-state index contributed by atoms with van der Waals surface area (Å²) in [6.45, 7) is 1.89. The summed E-state index contributed by atoms with van der Waals surface area (Å²) >= 11 is 1.44. The van der Waals surface area contributed by atoms with Crippen LogP contribution in [-0.2, 0) is 6.18 Å².